The van der Waals surface area contributed by atoms with Crippen LogP contribution in [0.25, 0.3) is 0 Å². The first-order valence-electron chi connectivity index (χ1n) is 5.76. The fourth-order valence-electron chi connectivity index (χ4n) is 1.71. The third-order valence-electron chi connectivity index (χ3n) is 2.48. The Morgan fingerprint density at radius 3 is 2.45 bits per heavy atom. The Hall–Kier alpha value is -2.64. The summed E-state index contributed by atoms with van der Waals surface area (Å²) in [5, 5.41) is 16.6. The summed E-state index contributed by atoms with van der Waals surface area (Å²) in [5.74, 6) is -1.52. The zero-order valence-corrected chi connectivity index (χ0v) is 11.3. The summed E-state index contributed by atoms with van der Waals surface area (Å²) in [6.45, 7) is 5.17. The Bertz CT molecular complexity index is 542. The summed E-state index contributed by atoms with van der Waals surface area (Å²) < 4.78 is 4.98. The van der Waals surface area contributed by atoms with Gasteiger partial charge >= 0.3 is 12.0 Å². The molecule has 3 amide bonds. The first-order valence-corrected chi connectivity index (χ1v) is 5.76. The van der Waals surface area contributed by atoms with Crippen molar-refractivity contribution in [2.75, 3.05) is 0 Å². The van der Waals surface area contributed by atoms with E-state index >= 15 is 0 Å². The van der Waals surface area contributed by atoms with Crippen molar-refractivity contribution < 1.29 is 24.0 Å². The number of nitrogens with one attached hydrogen (secondary N) is 2. The Balaban J connectivity index is 2.59. The second-order valence-corrected chi connectivity index (χ2v) is 4.09. The molecule has 0 fully saturated rings. The van der Waals surface area contributed by atoms with Crippen LogP contribution in [0.4, 0.5) is 4.79 Å². The van der Waals surface area contributed by atoms with Gasteiger partial charge in [0.2, 0.25) is 0 Å². The third kappa shape index (κ3) is 4.23. The number of nitrogens with zero attached hydrogens (tertiary/aromatic N) is 1. The average Bonchev–Trinajstić information content (AvgIpc) is 2.66. The van der Waals surface area contributed by atoms with Crippen LogP contribution >= 0.6 is 0 Å². The normalized spacial score (nSPS) is 12.2. The van der Waals surface area contributed by atoms with Crippen LogP contribution in [0, 0.1) is 13.8 Å². The molecule has 1 unspecified atom stereocenters. The summed E-state index contributed by atoms with van der Waals surface area (Å²) in [4.78, 5) is 33.0. The van der Waals surface area contributed by atoms with Crippen molar-refractivity contribution in [3.8, 4) is 0 Å². The first kappa shape index (κ1) is 15.4. The quantitative estimate of drug-likeness (QED) is 0.702. The fraction of sp³-hybridized carbons (Fsp3) is 0.333. The number of carbonyl (C=O) groups is 3. The monoisotopic (exact) mass is 281 g/mol. The lowest BCUT2D eigenvalue weighted by Crippen LogP contribution is -2.40. The number of carboxylic acid groups (broad SMARTS) is 1. The van der Waals surface area contributed by atoms with Gasteiger partial charge in [-0.05, 0) is 20.8 Å². The van der Waals surface area contributed by atoms with Crippen molar-refractivity contribution in [3.63, 3.8) is 0 Å². The molecular weight excluding hydrogens is 266 g/mol. The Labute approximate surface area is 114 Å². The molecule has 0 bridgehead atoms. The van der Waals surface area contributed by atoms with Gasteiger partial charge in [0.1, 0.15) is 5.76 Å². The van der Waals surface area contributed by atoms with Gasteiger partial charge in [-0.3, -0.25) is 10.1 Å². The summed E-state index contributed by atoms with van der Waals surface area (Å²) in [7, 11) is 0. The van der Waals surface area contributed by atoms with E-state index in [4.69, 9.17) is 9.63 Å². The number of urea groups is 1. The van der Waals surface area contributed by atoms with Crippen molar-refractivity contribution in [2.24, 2.45) is 0 Å². The number of aliphatic carboxylic acids is 1. The number of rotatable bonds is 4. The number of carbonyl (C=O) groups excluding carboxylic acids is 2. The number of amides is 3. The standard InChI is InChI=1S/C12H15N3O5/c1-6(11-7(2)15-20-8(11)3)13-12(19)14-9(16)4-5-10(17)18/h4-6H,1-3H3,(H,17,18)(H2,13,14,16,19). The Kier molecular flexibility index (Phi) is 5.01. The van der Waals surface area contributed by atoms with Gasteiger partial charge in [0.15, 0.2) is 0 Å². The lowest BCUT2D eigenvalue weighted by molar-refractivity contribution is -0.131. The number of hydrogen-bond acceptors (Lipinski definition) is 5. The summed E-state index contributed by atoms with van der Waals surface area (Å²) in [6.07, 6.45) is 1.39. The molecule has 0 saturated carbocycles. The molecule has 0 spiro atoms. The van der Waals surface area contributed by atoms with Crippen molar-refractivity contribution in [3.05, 3.63) is 29.2 Å². The van der Waals surface area contributed by atoms with Gasteiger partial charge in [0.05, 0.1) is 11.7 Å². The topological polar surface area (TPSA) is 122 Å². The van der Waals surface area contributed by atoms with Crippen LogP contribution in [0.2, 0.25) is 0 Å². The molecule has 0 aliphatic carbocycles. The highest BCUT2D eigenvalue weighted by Gasteiger charge is 2.18. The van der Waals surface area contributed by atoms with Crippen LogP contribution in [0.3, 0.4) is 0 Å². The predicted molar refractivity (Wildman–Crippen MR) is 67.8 cm³/mol. The SMILES string of the molecule is Cc1noc(C)c1C(C)NC(=O)NC(=O)C=CC(=O)O. The second kappa shape index (κ2) is 6.50. The molecule has 8 heteroatoms. The average molecular weight is 281 g/mol. The van der Waals surface area contributed by atoms with Crippen LogP contribution in [-0.2, 0) is 9.59 Å². The molecule has 8 nitrogen and oxygen atoms in total. The maximum Gasteiger partial charge on any atom is 0.328 e. The predicted octanol–water partition coefficient (Wildman–Crippen LogP) is 0.819. The van der Waals surface area contributed by atoms with Crippen molar-refractivity contribution in [1.29, 1.82) is 0 Å². The smallest absolute Gasteiger partial charge is 0.328 e. The highest BCUT2D eigenvalue weighted by atomic mass is 16.5. The fourth-order valence-corrected chi connectivity index (χ4v) is 1.71. The molecule has 0 radical (unpaired) electrons. The largest absolute Gasteiger partial charge is 0.478 e. The molecule has 1 aromatic rings. The van der Waals surface area contributed by atoms with Crippen LogP contribution in [0.1, 0.15) is 30.0 Å². The summed E-state index contributed by atoms with van der Waals surface area (Å²) in [5.41, 5.74) is 1.38. The number of aryl methyl sites for hydroxylation is 2. The van der Waals surface area contributed by atoms with E-state index in [2.05, 4.69) is 10.5 Å². The molecule has 0 saturated heterocycles. The lowest BCUT2D eigenvalue weighted by Gasteiger charge is -2.13. The van der Waals surface area contributed by atoms with E-state index in [1.165, 1.54) is 0 Å². The van der Waals surface area contributed by atoms with Crippen LogP contribution in [0.15, 0.2) is 16.7 Å². The molecular formula is C12H15N3O5. The van der Waals surface area contributed by atoms with E-state index < -0.39 is 23.9 Å². The number of imide groups is 1. The van der Waals surface area contributed by atoms with Gasteiger partial charge in [-0.2, -0.15) is 0 Å². The molecule has 20 heavy (non-hydrogen) atoms. The van der Waals surface area contributed by atoms with E-state index in [1.807, 2.05) is 5.32 Å². The van der Waals surface area contributed by atoms with Gasteiger partial charge in [0, 0.05) is 17.7 Å². The zero-order chi connectivity index (χ0) is 15.3. The maximum atomic E-state index is 11.6. The molecule has 1 rings (SSSR count). The van der Waals surface area contributed by atoms with Gasteiger partial charge in [0.25, 0.3) is 5.91 Å². The Morgan fingerprint density at radius 2 is 1.95 bits per heavy atom. The number of carboxylic acids is 1. The van der Waals surface area contributed by atoms with Gasteiger partial charge in [-0.25, -0.2) is 9.59 Å². The third-order valence-corrected chi connectivity index (χ3v) is 2.48. The molecule has 0 aliphatic heterocycles. The molecule has 0 aromatic carbocycles. The maximum absolute atomic E-state index is 11.6. The molecule has 0 aliphatic rings. The van der Waals surface area contributed by atoms with E-state index in [0.29, 0.717) is 17.5 Å². The first-order chi connectivity index (χ1) is 9.31. The number of aromatic nitrogens is 1. The molecule has 1 atom stereocenters. The lowest BCUT2D eigenvalue weighted by atomic mass is 10.1. The van der Waals surface area contributed by atoms with Crippen LogP contribution in [-0.4, -0.2) is 28.2 Å². The van der Waals surface area contributed by atoms with E-state index in [0.717, 1.165) is 11.6 Å². The van der Waals surface area contributed by atoms with Crippen molar-refractivity contribution >= 4 is 17.9 Å². The highest BCUT2D eigenvalue weighted by molar-refractivity contribution is 6.02. The van der Waals surface area contributed by atoms with Crippen molar-refractivity contribution in [2.45, 2.75) is 26.8 Å². The van der Waals surface area contributed by atoms with E-state index in [1.54, 1.807) is 20.8 Å². The molecule has 3 N–H and O–H groups in total. The summed E-state index contributed by atoms with van der Waals surface area (Å²) in [6, 6.07) is -1.14. The summed E-state index contributed by atoms with van der Waals surface area (Å²) >= 11 is 0. The van der Waals surface area contributed by atoms with Gasteiger partial charge in [-0.15, -0.1) is 0 Å². The molecule has 1 aromatic heterocycles. The molecule has 108 valence electrons. The minimum Gasteiger partial charge on any atom is -0.478 e. The van der Waals surface area contributed by atoms with Gasteiger partial charge in [-0.1, -0.05) is 5.16 Å². The van der Waals surface area contributed by atoms with Crippen molar-refractivity contribution in [1.82, 2.24) is 15.8 Å². The minimum absolute atomic E-state index is 0.405. The molecule has 1 heterocycles. The Morgan fingerprint density at radius 1 is 1.30 bits per heavy atom. The number of hydrogen-bond donors (Lipinski definition) is 3. The van der Waals surface area contributed by atoms with E-state index in [-0.39, 0.29) is 0 Å². The second-order valence-electron chi connectivity index (χ2n) is 4.09. The van der Waals surface area contributed by atoms with Crippen LogP contribution < -0.4 is 10.6 Å². The minimum atomic E-state index is -1.27. The van der Waals surface area contributed by atoms with E-state index in [9.17, 15) is 14.4 Å². The highest BCUT2D eigenvalue weighted by Crippen LogP contribution is 2.20. The van der Waals surface area contributed by atoms with Gasteiger partial charge < -0.3 is 14.9 Å². The zero-order valence-electron chi connectivity index (χ0n) is 11.3. The van der Waals surface area contributed by atoms with Crippen LogP contribution in [0.5, 0.6) is 0 Å².